The number of Topliss-reactive ketones (excluding diaryl/α,β-unsaturated/α-hetero) is 2. The Bertz CT molecular complexity index is 1290. The maximum absolute atomic E-state index is 13.9. The van der Waals surface area contributed by atoms with Crippen LogP contribution in [0.1, 0.15) is 75.2 Å². The lowest BCUT2D eigenvalue weighted by Gasteiger charge is -2.47. The molecule has 8 heteroatoms. The zero-order chi connectivity index (χ0) is 25.9. The smallest absolute Gasteiger partial charge is 0.271 e. The molecule has 7 rings (SSSR count). The van der Waals surface area contributed by atoms with E-state index >= 15 is 0 Å². The molecule has 2 bridgehead atoms. The van der Waals surface area contributed by atoms with Crippen LogP contribution in [0.25, 0.3) is 10.9 Å². The fraction of sp³-hybridized carbons (Fsp3) is 0.586. The Kier molecular flexibility index (Phi) is 5.69. The van der Waals surface area contributed by atoms with E-state index in [0.717, 1.165) is 36.6 Å². The standard InChI is InChI=1S/C29H35N3O5/c1-3-23(33)21(12-17-6-4-8-24(17)34)31-27(36)29-14-28(15-29,18-10-11-18)16-32(29)26(35)22-13-19-20(30-22)7-5-9-25(19)37-2/h5,7,9,13,17-18,21,30H,3-4,6,8,10-12,14-16H2,1-2H3,(H,31,36)/t17-,21-,28?,29?/m0/s1. The molecule has 3 heterocycles. The molecule has 5 fully saturated rings. The third kappa shape index (κ3) is 3.79. The molecule has 2 N–H and O–H groups in total. The van der Waals surface area contributed by atoms with Gasteiger partial charge in [-0.3, -0.25) is 19.2 Å². The van der Waals surface area contributed by atoms with Crippen molar-refractivity contribution in [2.24, 2.45) is 17.3 Å². The first-order chi connectivity index (χ1) is 17.8. The molecule has 2 aliphatic heterocycles. The third-order valence-electron chi connectivity index (χ3n) is 9.46. The lowest BCUT2D eigenvalue weighted by atomic mass is 9.59. The molecule has 3 saturated carbocycles. The van der Waals surface area contributed by atoms with Gasteiger partial charge in [-0.15, -0.1) is 0 Å². The van der Waals surface area contributed by atoms with Gasteiger partial charge >= 0.3 is 0 Å². The number of ketones is 2. The second-order valence-corrected chi connectivity index (χ2v) is 11.7. The minimum atomic E-state index is -0.951. The zero-order valence-electron chi connectivity index (χ0n) is 21.6. The highest BCUT2D eigenvalue weighted by atomic mass is 16.5. The van der Waals surface area contributed by atoms with E-state index in [2.05, 4.69) is 10.3 Å². The number of rotatable bonds is 9. The number of nitrogens with zero attached hydrogens (tertiary/aromatic N) is 1. The Balaban J connectivity index is 1.28. The molecule has 1 aromatic heterocycles. The summed E-state index contributed by atoms with van der Waals surface area (Å²) in [4.78, 5) is 57.9. The number of aromatic amines is 1. The van der Waals surface area contributed by atoms with Crippen molar-refractivity contribution in [3.63, 3.8) is 0 Å². The molecular formula is C29H35N3O5. The number of H-pyrrole nitrogens is 1. The van der Waals surface area contributed by atoms with Gasteiger partial charge in [0.1, 0.15) is 22.8 Å². The number of ether oxygens (including phenoxy) is 1. The summed E-state index contributed by atoms with van der Waals surface area (Å²) in [7, 11) is 1.60. The molecule has 0 radical (unpaired) electrons. The fourth-order valence-corrected chi connectivity index (χ4v) is 7.34. The van der Waals surface area contributed by atoms with Crippen molar-refractivity contribution >= 4 is 34.3 Å². The van der Waals surface area contributed by atoms with Gasteiger partial charge in [0.05, 0.1) is 13.2 Å². The van der Waals surface area contributed by atoms with Crippen LogP contribution in [0.2, 0.25) is 0 Å². The largest absolute Gasteiger partial charge is 0.496 e. The Morgan fingerprint density at radius 3 is 2.65 bits per heavy atom. The van der Waals surface area contributed by atoms with E-state index in [1.165, 1.54) is 0 Å². The van der Waals surface area contributed by atoms with Gasteiger partial charge in [0.15, 0.2) is 5.78 Å². The third-order valence-corrected chi connectivity index (χ3v) is 9.46. The lowest BCUT2D eigenvalue weighted by Crippen LogP contribution is -2.63. The number of fused-ring (bicyclic) bond motifs is 2. The molecule has 0 spiro atoms. The normalized spacial score (nSPS) is 29.3. The number of hydrogen-bond acceptors (Lipinski definition) is 5. The molecule has 5 aliphatic rings. The topological polar surface area (TPSA) is 109 Å². The summed E-state index contributed by atoms with van der Waals surface area (Å²) in [6.07, 6.45) is 6.39. The summed E-state index contributed by atoms with van der Waals surface area (Å²) in [5.41, 5.74) is 0.275. The summed E-state index contributed by atoms with van der Waals surface area (Å²) in [6.45, 7) is 2.34. The lowest BCUT2D eigenvalue weighted by molar-refractivity contribution is -0.139. The van der Waals surface area contributed by atoms with Crippen LogP contribution in [-0.4, -0.2) is 58.5 Å². The van der Waals surface area contributed by atoms with E-state index in [1.807, 2.05) is 18.2 Å². The highest BCUT2D eigenvalue weighted by Gasteiger charge is 2.73. The predicted octanol–water partition coefficient (Wildman–Crippen LogP) is 3.78. The molecule has 196 valence electrons. The van der Waals surface area contributed by atoms with E-state index in [4.69, 9.17) is 4.74 Å². The molecular weight excluding hydrogens is 470 g/mol. The van der Waals surface area contributed by atoms with E-state index in [0.29, 0.717) is 56.0 Å². The van der Waals surface area contributed by atoms with Crippen LogP contribution >= 0.6 is 0 Å². The summed E-state index contributed by atoms with van der Waals surface area (Å²) in [6, 6.07) is 6.74. The summed E-state index contributed by atoms with van der Waals surface area (Å²) in [5.74, 6) is 0.743. The predicted molar refractivity (Wildman–Crippen MR) is 137 cm³/mol. The van der Waals surface area contributed by atoms with E-state index < -0.39 is 11.6 Å². The van der Waals surface area contributed by atoms with Crippen molar-refractivity contribution in [2.75, 3.05) is 13.7 Å². The van der Waals surface area contributed by atoms with Crippen LogP contribution in [0.15, 0.2) is 24.3 Å². The maximum atomic E-state index is 13.9. The molecule has 37 heavy (non-hydrogen) atoms. The number of nitrogens with one attached hydrogen (secondary N) is 2. The van der Waals surface area contributed by atoms with Crippen molar-refractivity contribution in [3.05, 3.63) is 30.0 Å². The minimum absolute atomic E-state index is 0.0115. The number of methoxy groups -OCH3 is 1. The first kappa shape index (κ1) is 24.2. The van der Waals surface area contributed by atoms with Crippen molar-refractivity contribution in [1.82, 2.24) is 15.2 Å². The van der Waals surface area contributed by atoms with Crippen LogP contribution in [0.4, 0.5) is 0 Å². The molecule has 2 atom stereocenters. The molecule has 2 aromatic rings. The maximum Gasteiger partial charge on any atom is 0.271 e. The number of aromatic nitrogens is 1. The molecule has 2 saturated heterocycles. The van der Waals surface area contributed by atoms with Crippen molar-refractivity contribution in [1.29, 1.82) is 0 Å². The monoisotopic (exact) mass is 505 g/mol. The average Bonchev–Trinajstić information content (AvgIpc) is 3.23. The van der Waals surface area contributed by atoms with Crippen LogP contribution in [0, 0.1) is 17.3 Å². The average molecular weight is 506 g/mol. The van der Waals surface area contributed by atoms with Gasteiger partial charge < -0.3 is 19.9 Å². The van der Waals surface area contributed by atoms with Crippen molar-refractivity contribution < 1.29 is 23.9 Å². The number of benzene rings is 1. The summed E-state index contributed by atoms with van der Waals surface area (Å²) >= 11 is 0. The first-order valence-corrected chi connectivity index (χ1v) is 13.6. The number of carbonyl (C=O) groups excluding carboxylic acids is 4. The number of amides is 2. The second-order valence-electron chi connectivity index (χ2n) is 11.7. The highest BCUT2D eigenvalue weighted by molar-refractivity contribution is 6.04. The van der Waals surface area contributed by atoms with E-state index in [9.17, 15) is 19.2 Å². The first-order valence-electron chi connectivity index (χ1n) is 13.6. The van der Waals surface area contributed by atoms with Crippen LogP contribution in [0.5, 0.6) is 5.75 Å². The van der Waals surface area contributed by atoms with Gasteiger partial charge in [0, 0.05) is 36.2 Å². The zero-order valence-corrected chi connectivity index (χ0v) is 21.6. The molecule has 2 amide bonds. The summed E-state index contributed by atoms with van der Waals surface area (Å²) in [5, 5.41) is 3.85. The van der Waals surface area contributed by atoms with E-state index in [1.54, 1.807) is 25.0 Å². The number of carbonyl (C=O) groups is 4. The Morgan fingerprint density at radius 2 is 2.00 bits per heavy atom. The molecule has 1 aromatic carbocycles. The number of hydrogen-bond donors (Lipinski definition) is 2. The van der Waals surface area contributed by atoms with Gasteiger partial charge in [-0.05, 0) is 74.5 Å². The Morgan fingerprint density at radius 1 is 1.22 bits per heavy atom. The van der Waals surface area contributed by atoms with Gasteiger partial charge in [0.25, 0.3) is 5.91 Å². The van der Waals surface area contributed by atoms with Gasteiger partial charge in [-0.25, -0.2) is 0 Å². The van der Waals surface area contributed by atoms with Gasteiger partial charge in [0.2, 0.25) is 5.91 Å². The van der Waals surface area contributed by atoms with Crippen LogP contribution < -0.4 is 10.1 Å². The Hall–Kier alpha value is -3.16. The molecule has 8 nitrogen and oxygen atoms in total. The van der Waals surface area contributed by atoms with Crippen LogP contribution in [-0.2, 0) is 14.4 Å². The molecule has 3 aliphatic carbocycles. The van der Waals surface area contributed by atoms with Gasteiger partial charge in [-0.1, -0.05) is 13.0 Å². The Labute approximate surface area is 216 Å². The molecule has 0 unspecified atom stereocenters. The summed E-state index contributed by atoms with van der Waals surface area (Å²) < 4.78 is 5.46. The van der Waals surface area contributed by atoms with Crippen molar-refractivity contribution in [2.45, 2.75) is 76.3 Å². The van der Waals surface area contributed by atoms with Crippen LogP contribution in [0.3, 0.4) is 0 Å². The fourth-order valence-electron chi connectivity index (χ4n) is 7.34. The van der Waals surface area contributed by atoms with Crippen molar-refractivity contribution in [3.8, 4) is 5.75 Å². The highest BCUT2D eigenvalue weighted by Crippen LogP contribution is 2.68. The van der Waals surface area contributed by atoms with Gasteiger partial charge in [-0.2, -0.15) is 0 Å². The second kappa shape index (κ2) is 8.71. The quantitative estimate of drug-likeness (QED) is 0.539. The minimum Gasteiger partial charge on any atom is -0.496 e. The van der Waals surface area contributed by atoms with E-state index in [-0.39, 0.29) is 34.7 Å². The SMILES string of the molecule is CCC(=O)[C@H](C[C@@H]1CCCC1=O)NC(=O)C12CC(C3CC3)(CN1C(=O)c1cc3c(OC)cccc3[nH]1)C2.